The number of piperazine rings is 1. The van der Waals surface area contributed by atoms with Crippen LogP contribution in [0.15, 0.2) is 6.07 Å². The quantitative estimate of drug-likeness (QED) is 0.254. The molecule has 2 amide bonds. The number of carbonyl (C=O) groups is 2. The van der Waals surface area contributed by atoms with Gasteiger partial charge in [-0.15, -0.1) is 0 Å². The van der Waals surface area contributed by atoms with Crippen molar-refractivity contribution >= 4 is 11.8 Å². The summed E-state index contributed by atoms with van der Waals surface area (Å²) in [6.07, 6.45) is 3.12. The summed E-state index contributed by atoms with van der Waals surface area (Å²) < 4.78 is 11.8. The number of hydrogen-bond acceptors (Lipinski definition) is 9. The third-order valence-electron chi connectivity index (χ3n) is 10.5. The van der Waals surface area contributed by atoms with Crippen LogP contribution in [0.4, 0.5) is 0 Å². The molecule has 6 rings (SSSR count). The largest absolute Gasteiger partial charge is 0.507 e. The number of amides is 2. The number of aliphatic hydroxyl groups excluding tert-OH is 1. The van der Waals surface area contributed by atoms with Crippen molar-refractivity contribution in [2.45, 2.75) is 110 Å². The Morgan fingerprint density at radius 2 is 1.74 bits per heavy atom. The zero-order valence-corrected chi connectivity index (χ0v) is 32.4. The Kier molecular flexibility index (Phi) is 10.6. The molecule has 1 fully saturated rings. The van der Waals surface area contributed by atoms with Crippen LogP contribution in [0, 0.1) is 64.8 Å². The molecule has 1 radical (unpaired) electrons. The van der Waals surface area contributed by atoms with Gasteiger partial charge in [-0.05, 0) is 70.7 Å². The summed E-state index contributed by atoms with van der Waals surface area (Å²) in [5, 5.41) is 40.9. The fourth-order valence-corrected chi connectivity index (χ4v) is 7.98. The van der Waals surface area contributed by atoms with Crippen LogP contribution in [0.25, 0.3) is 0 Å². The van der Waals surface area contributed by atoms with Gasteiger partial charge in [-0.2, -0.15) is 0 Å². The number of ether oxygens (including phenoxy) is 2. The Bertz CT molecular complexity index is 1530. The van der Waals surface area contributed by atoms with Crippen molar-refractivity contribution in [1.82, 2.24) is 20.4 Å². The number of phenolic OH excluding ortho intramolecular Hbond substituents is 2. The number of benzene rings is 2. The van der Waals surface area contributed by atoms with Gasteiger partial charge in [-0.25, -0.2) is 0 Å². The first-order chi connectivity index (χ1) is 21.5. The number of carbonyl (C=O) groups excluding carboxylic acids is 2. The number of unbranched alkanes of at least 4 members (excludes halogenated alkanes) is 2. The van der Waals surface area contributed by atoms with Gasteiger partial charge < -0.3 is 35.4 Å². The van der Waals surface area contributed by atoms with Crippen LogP contribution in [0.1, 0.15) is 90.6 Å². The number of phenols is 2. The second kappa shape index (κ2) is 13.8. The molecule has 2 aromatic carbocycles. The van der Waals surface area contributed by atoms with Crippen molar-refractivity contribution in [3.8, 4) is 23.0 Å². The molecule has 4 aliphatic heterocycles. The van der Waals surface area contributed by atoms with Crippen LogP contribution in [0.2, 0.25) is 0 Å². The van der Waals surface area contributed by atoms with Crippen molar-refractivity contribution in [1.29, 1.82) is 0 Å². The zero-order chi connectivity index (χ0) is 32.3. The van der Waals surface area contributed by atoms with Gasteiger partial charge in [-0.3, -0.25) is 19.4 Å². The van der Waals surface area contributed by atoms with Gasteiger partial charge in [-0.1, -0.05) is 25.8 Å². The number of hydrogen-bond donors (Lipinski definition) is 5. The molecular formula is C34H46AcN4O7. The van der Waals surface area contributed by atoms with Gasteiger partial charge in [0.05, 0.1) is 18.1 Å². The Morgan fingerprint density at radius 1 is 1.02 bits per heavy atom. The predicted octanol–water partition coefficient (Wildman–Crippen LogP) is 3.15. The first-order valence-corrected chi connectivity index (χ1v) is 16.2. The average Bonchev–Trinajstić information content (AvgIpc) is 3.50. The predicted molar refractivity (Wildman–Crippen MR) is 167 cm³/mol. The molecule has 0 aliphatic carbocycles. The van der Waals surface area contributed by atoms with Crippen molar-refractivity contribution in [3.05, 3.63) is 45.0 Å². The van der Waals surface area contributed by atoms with E-state index >= 15 is 0 Å². The molecule has 6 atom stereocenters. The van der Waals surface area contributed by atoms with E-state index in [-0.39, 0.29) is 98.8 Å². The molecule has 11 nitrogen and oxygen atoms in total. The molecule has 5 N–H and O–H groups in total. The van der Waals surface area contributed by atoms with Gasteiger partial charge in [0.1, 0.15) is 23.8 Å². The minimum atomic E-state index is -0.916. The smallest absolute Gasteiger partial charge is 0.242 e. The van der Waals surface area contributed by atoms with Crippen molar-refractivity contribution in [2.75, 3.05) is 20.4 Å². The Hall–Kier alpha value is -2.10. The number of aryl methyl sites for hydroxylation is 1. The van der Waals surface area contributed by atoms with Crippen LogP contribution in [-0.2, 0) is 22.4 Å². The van der Waals surface area contributed by atoms with Gasteiger partial charge in [0, 0.05) is 85.3 Å². The number of aliphatic hydroxyl groups is 1. The first kappa shape index (κ1) is 35.2. The third kappa shape index (κ3) is 5.80. The Labute approximate surface area is 306 Å². The van der Waals surface area contributed by atoms with E-state index in [0.29, 0.717) is 47.5 Å². The van der Waals surface area contributed by atoms with Gasteiger partial charge >= 0.3 is 0 Å². The fourth-order valence-electron chi connectivity index (χ4n) is 7.98. The number of nitrogens with one attached hydrogen (secondary N) is 2. The van der Waals surface area contributed by atoms with Gasteiger partial charge in [0.15, 0.2) is 11.5 Å². The fraction of sp³-hybridized carbons (Fsp3) is 0.588. The summed E-state index contributed by atoms with van der Waals surface area (Å²) in [4.78, 5) is 29.9. The Morgan fingerprint density at radius 3 is 2.46 bits per heavy atom. The normalized spacial score (nSPS) is 25.1. The van der Waals surface area contributed by atoms with E-state index in [9.17, 15) is 24.9 Å². The maximum atomic E-state index is 13.3. The molecule has 4 aliphatic rings. The van der Waals surface area contributed by atoms with Crippen molar-refractivity contribution in [3.63, 3.8) is 0 Å². The summed E-state index contributed by atoms with van der Waals surface area (Å²) in [6, 6.07) is -0.109. The SMILES string of the molecule is CCCCCC(=O)N[C@@H](C)C(=O)NC[C@H]1c2c(c(O)c(C)c3c2OCO3)CC2[C@@H]3c4c(cc(C)c(C)c4O)C[C@@H]([C@H](O)N21)N3C.[Ac]. The number of likely N-dealkylation sites (N-methyl/N-ethyl adjacent to an activating group) is 1. The number of aromatic hydroxyl groups is 2. The van der Waals surface area contributed by atoms with Crippen LogP contribution in [0.3, 0.4) is 0 Å². The summed E-state index contributed by atoms with van der Waals surface area (Å²) >= 11 is 0. The van der Waals surface area contributed by atoms with E-state index in [4.69, 9.17) is 9.47 Å². The molecular weight excluding hydrogens is 803 g/mol. The number of fused-ring (bicyclic) bond motifs is 9. The van der Waals surface area contributed by atoms with Gasteiger partial charge in [0.25, 0.3) is 0 Å². The topological polar surface area (TPSA) is 144 Å². The summed E-state index contributed by atoms with van der Waals surface area (Å²) in [7, 11) is 1.98. The molecule has 2 bridgehead atoms. The van der Waals surface area contributed by atoms with Crippen LogP contribution < -0.4 is 20.1 Å². The van der Waals surface area contributed by atoms with E-state index in [0.717, 1.165) is 41.5 Å². The Balaban J connectivity index is 0.00000417. The third-order valence-corrected chi connectivity index (χ3v) is 10.5. The second-order valence-corrected chi connectivity index (χ2v) is 13.2. The molecule has 12 heteroatoms. The maximum Gasteiger partial charge on any atom is 0.242 e. The zero-order valence-electron chi connectivity index (χ0n) is 27.6. The second-order valence-electron chi connectivity index (χ2n) is 13.2. The molecule has 1 saturated heterocycles. The van der Waals surface area contributed by atoms with Crippen LogP contribution in [0.5, 0.6) is 23.0 Å². The minimum Gasteiger partial charge on any atom is -0.507 e. The van der Waals surface area contributed by atoms with Crippen LogP contribution in [-0.4, -0.2) is 81.7 Å². The van der Waals surface area contributed by atoms with E-state index in [1.165, 1.54) is 0 Å². The van der Waals surface area contributed by atoms with E-state index in [1.807, 2.05) is 25.8 Å². The monoisotopic (exact) mass is 849 g/mol. The van der Waals surface area contributed by atoms with Crippen molar-refractivity contribution < 1.29 is 78.4 Å². The first-order valence-electron chi connectivity index (χ1n) is 16.2. The van der Waals surface area contributed by atoms with E-state index < -0.39 is 18.3 Å². The average molecular weight is 850 g/mol. The molecule has 1 unspecified atom stereocenters. The maximum absolute atomic E-state index is 13.3. The number of nitrogens with zero attached hydrogens (tertiary/aromatic N) is 2. The van der Waals surface area contributed by atoms with Crippen LogP contribution >= 0.6 is 0 Å². The standard InChI is InChI=1S/C34H46N4O7.Ac/c1-7-8-9-10-25(39)36-19(5)33(42)35-14-24-27-21(29(40)18(4)31-32(27)45-15-44-31)13-22-28-26-20(11-16(2)17(3)30(26)41)12-23(37(28)6)34(43)38(22)24;/h11,19,22-24,28,34,40-41,43H,7-10,12-15H2,1-6H3,(H,35,42)(H,36,39);/t19-,22?,23-,24-,28+,34-;/m0./s1. The van der Waals surface area contributed by atoms with Gasteiger partial charge in [0.2, 0.25) is 18.6 Å². The van der Waals surface area contributed by atoms with Crippen molar-refractivity contribution in [2.24, 2.45) is 0 Å². The summed E-state index contributed by atoms with van der Waals surface area (Å²) in [6.45, 7) is 9.54. The molecule has 0 saturated carbocycles. The minimum absolute atomic E-state index is 0. The molecule has 0 aromatic heterocycles. The summed E-state index contributed by atoms with van der Waals surface area (Å²) in [5.41, 5.74) is 5.65. The molecule has 4 heterocycles. The molecule has 2 aromatic rings. The summed E-state index contributed by atoms with van der Waals surface area (Å²) in [5.74, 6) is 0.849. The van der Waals surface area contributed by atoms with E-state index in [2.05, 4.69) is 28.5 Å². The van der Waals surface area contributed by atoms with E-state index in [1.54, 1.807) is 13.8 Å². The molecule has 46 heavy (non-hydrogen) atoms. The molecule has 247 valence electrons. The molecule has 0 spiro atoms. The number of rotatable bonds is 8.